The van der Waals surface area contributed by atoms with Crippen LogP contribution in [0.1, 0.15) is 19.0 Å². The molecule has 0 saturated carbocycles. The number of thiazole rings is 1. The van der Waals surface area contributed by atoms with E-state index in [-0.39, 0.29) is 5.97 Å². The quantitative estimate of drug-likeness (QED) is 0.611. The van der Waals surface area contributed by atoms with Crippen molar-refractivity contribution in [2.75, 3.05) is 12.8 Å². The Morgan fingerprint density at radius 1 is 1.79 bits per heavy atom. The van der Waals surface area contributed by atoms with Crippen LogP contribution in [0.25, 0.3) is 5.57 Å². The maximum absolute atomic E-state index is 11.3. The molecule has 0 aromatic carbocycles. The number of carbonyl (C=O) groups is 1. The number of aromatic nitrogens is 1. The predicted molar refractivity (Wildman–Crippen MR) is 56.8 cm³/mol. The second-order valence-corrected chi connectivity index (χ2v) is 3.48. The Morgan fingerprint density at radius 2 is 2.50 bits per heavy atom. The van der Waals surface area contributed by atoms with E-state index in [0.29, 0.717) is 16.4 Å². The highest BCUT2D eigenvalue weighted by molar-refractivity contribution is 7.13. The zero-order chi connectivity index (χ0) is 10.6. The summed E-state index contributed by atoms with van der Waals surface area (Å²) < 4.78 is 4.65. The van der Waals surface area contributed by atoms with Gasteiger partial charge in [0, 0.05) is 5.38 Å². The lowest BCUT2D eigenvalue weighted by atomic mass is 10.2. The molecule has 14 heavy (non-hydrogen) atoms. The van der Waals surface area contributed by atoms with E-state index < -0.39 is 0 Å². The summed E-state index contributed by atoms with van der Waals surface area (Å²) in [6, 6.07) is 0. The number of hydrogen-bond acceptors (Lipinski definition) is 5. The van der Waals surface area contributed by atoms with Crippen molar-refractivity contribution >= 4 is 28.0 Å². The molecule has 0 saturated heterocycles. The summed E-state index contributed by atoms with van der Waals surface area (Å²) >= 11 is 1.30. The lowest BCUT2D eigenvalue weighted by Crippen LogP contribution is -2.04. The van der Waals surface area contributed by atoms with Crippen LogP contribution >= 0.6 is 11.3 Å². The number of rotatable bonds is 3. The van der Waals surface area contributed by atoms with Crippen LogP contribution in [-0.4, -0.2) is 18.1 Å². The fourth-order valence-electron chi connectivity index (χ4n) is 1.02. The molecule has 5 heteroatoms. The van der Waals surface area contributed by atoms with Crippen molar-refractivity contribution in [2.45, 2.75) is 13.3 Å². The van der Waals surface area contributed by atoms with Gasteiger partial charge < -0.3 is 10.5 Å². The minimum absolute atomic E-state index is 0.378. The fourth-order valence-corrected chi connectivity index (χ4v) is 1.58. The lowest BCUT2D eigenvalue weighted by molar-refractivity contribution is -0.133. The van der Waals surface area contributed by atoms with Gasteiger partial charge >= 0.3 is 5.97 Å². The van der Waals surface area contributed by atoms with Crippen molar-refractivity contribution in [3.05, 3.63) is 17.2 Å². The van der Waals surface area contributed by atoms with E-state index in [4.69, 9.17) is 5.73 Å². The highest BCUT2D eigenvalue weighted by Gasteiger charge is 2.14. The standard InChI is InChI=1S/C9H12N2O2S/c1-3-4-6(8(12)13-2)7-5-14-9(10)11-7/h4-5H,3H2,1-2H3,(H2,10,11)/b6-4-. The van der Waals surface area contributed by atoms with Gasteiger partial charge in [-0.05, 0) is 6.42 Å². The van der Waals surface area contributed by atoms with E-state index in [1.54, 1.807) is 11.5 Å². The Kier molecular flexibility index (Phi) is 3.64. The molecule has 1 rings (SSSR count). The van der Waals surface area contributed by atoms with Gasteiger partial charge in [-0.1, -0.05) is 13.0 Å². The van der Waals surface area contributed by atoms with Crippen LogP contribution in [0.15, 0.2) is 11.5 Å². The summed E-state index contributed by atoms with van der Waals surface area (Å²) in [7, 11) is 1.35. The average molecular weight is 212 g/mol. The number of nitrogens with two attached hydrogens (primary N) is 1. The van der Waals surface area contributed by atoms with E-state index in [1.807, 2.05) is 6.92 Å². The van der Waals surface area contributed by atoms with Gasteiger partial charge in [0.15, 0.2) is 5.13 Å². The van der Waals surface area contributed by atoms with Gasteiger partial charge in [0.2, 0.25) is 0 Å². The normalized spacial score (nSPS) is 11.4. The second kappa shape index (κ2) is 4.76. The van der Waals surface area contributed by atoms with Crippen LogP contribution in [0.3, 0.4) is 0 Å². The smallest absolute Gasteiger partial charge is 0.339 e. The molecule has 0 amide bonds. The number of nitrogens with zero attached hydrogens (tertiary/aromatic N) is 1. The maximum atomic E-state index is 11.3. The number of hydrogen-bond donors (Lipinski definition) is 1. The molecule has 0 aliphatic rings. The van der Waals surface area contributed by atoms with Crippen molar-refractivity contribution in [1.29, 1.82) is 0 Å². The summed E-state index contributed by atoms with van der Waals surface area (Å²) in [5.41, 5.74) is 6.54. The zero-order valence-corrected chi connectivity index (χ0v) is 8.93. The first kappa shape index (κ1) is 10.7. The van der Waals surface area contributed by atoms with Gasteiger partial charge in [0.25, 0.3) is 0 Å². The number of ether oxygens (including phenoxy) is 1. The van der Waals surface area contributed by atoms with Gasteiger partial charge in [0.1, 0.15) is 0 Å². The fraction of sp³-hybridized carbons (Fsp3) is 0.333. The van der Waals surface area contributed by atoms with Crippen molar-refractivity contribution < 1.29 is 9.53 Å². The first-order valence-corrected chi connectivity index (χ1v) is 5.06. The Balaban J connectivity index is 3.00. The molecule has 0 unspecified atom stereocenters. The Labute approximate surface area is 86.4 Å². The minimum Gasteiger partial charge on any atom is -0.465 e. The molecule has 0 aliphatic carbocycles. The molecule has 0 aliphatic heterocycles. The molecular formula is C9H12N2O2S. The molecular weight excluding hydrogens is 200 g/mol. The largest absolute Gasteiger partial charge is 0.465 e. The van der Waals surface area contributed by atoms with Crippen molar-refractivity contribution in [3.8, 4) is 0 Å². The number of carbonyl (C=O) groups excluding carboxylic acids is 1. The number of methoxy groups -OCH3 is 1. The van der Waals surface area contributed by atoms with Gasteiger partial charge in [0.05, 0.1) is 18.4 Å². The Morgan fingerprint density at radius 3 is 2.93 bits per heavy atom. The summed E-state index contributed by atoms with van der Waals surface area (Å²) in [6.07, 6.45) is 2.53. The third kappa shape index (κ3) is 2.32. The molecule has 1 aromatic heterocycles. The van der Waals surface area contributed by atoms with Crippen LogP contribution in [-0.2, 0) is 9.53 Å². The first-order chi connectivity index (χ1) is 6.69. The number of anilines is 1. The molecule has 4 nitrogen and oxygen atoms in total. The molecule has 0 radical (unpaired) electrons. The topological polar surface area (TPSA) is 65.2 Å². The van der Waals surface area contributed by atoms with E-state index in [1.165, 1.54) is 18.4 Å². The third-order valence-electron chi connectivity index (χ3n) is 1.61. The Hall–Kier alpha value is -1.36. The average Bonchev–Trinajstić information content (AvgIpc) is 2.60. The van der Waals surface area contributed by atoms with Crippen LogP contribution in [0.5, 0.6) is 0 Å². The first-order valence-electron chi connectivity index (χ1n) is 4.18. The molecule has 76 valence electrons. The molecule has 1 aromatic rings. The van der Waals surface area contributed by atoms with Crippen molar-refractivity contribution in [3.63, 3.8) is 0 Å². The van der Waals surface area contributed by atoms with E-state index >= 15 is 0 Å². The van der Waals surface area contributed by atoms with Crippen LogP contribution in [0, 0.1) is 0 Å². The molecule has 0 fully saturated rings. The monoisotopic (exact) mass is 212 g/mol. The summed E-state index contributed by atoms with van der Waals surface area (Å²) in [5.74, 6) is -0.378. The molecule has 2 N–H and O–H groups in total. The van der Waals surface area contributed by atoms with Gasteiger partial charge in [-0.2, -0.15) is 0 Å². The number of nitrogen functional groups attached to an aromatic ring is 1. The van der Waals surface area contributed by atoms with Gasteiger partial charge in [-0.25, -0.2) is 9.78 Å². The van der Waals surface area contributed by atoms with E-state index in [0.717, 1.165) is 6.42 Å². The number of allylic oxidation sites excluding steroid dienone is 1. The number of esters is 1. The van der Waals surface area contributed by atoms with Gasteiger partial charge in [-0.3, -0.25) is 0 Å². The zero-order valence-electron chi connectivity index (χ0n) is 8.11. The van der Waals surface area contributed by atoms with Crippen molar-refractivity contribution in [1.82, 2.24) is 4.98 Å². The van der Waals surface area contributed by atoms with Crippen LogP contribution < -0.4 is 5.73 Å². The summed E-state index contributed by atoms with van der Waals surface area (Å²) in [5, 5.41) is 2.19. The van der Waals surface area contributed by atoms with E-state index in [2.05, 4.69) is 9.72 Å². The molecule has 0 bridgehead atoms. The lowest BCUT2D eigenvalue weighted by Gasteiger charge is -2.00. The summed E-state index contributed by atoms with van der Waals surface area (Å²) in [6.45, 7) is 1.94. The highest BCUT2D eigenvalue weighted by Crippen LogP contribution is 2.20. The molecule has 0 spiro atoms. The van der Waals surface area contributed by atoms with Crippen molar-refractivity contribution in [2.24, 2.45) is 0 Å². The third-order valence-corrected chi connectivity index (χ3v) is 2.29. The van der Waals surface area contributed by atoms with Crippen LogP contribution in [0.2, 0.25) is 0 Å². The van der Waals surface area contributed by atoms with E-state index in [9.17, 15) is 4.79 Å². The minimum atomic E-state index is -0.378. The van der Waals surface area contributed by atoms with Crippen LogP contribution in [0.4, 0.5) is 5.13 Å². The SMILES string of the molecule is CC/C=C(\C(=O)OC)c1csc(N)n1. The Bertz CT molecular complexity index is 357. The predicted octanol–water partition coefficient (Wildman–Crippen LogP) is 1.69. The summed E-state index contributed by atoms with van der Waals surface area (Å²) in [4.78, 5) is 15.4. The molecule has 0 atom stereocenters. The molecule has 1 heterocycles. The maximum Gasteiger partial charge on any atom is 0.339 e. The second-order valence-electron chi connectivity index (χ2n) is 2.59. The van der Waals surface area contributed by atoms with Gasteiger partial charge in [-0.15, -0.1) is 11.3 Å². The highest BCUT2D eigenvalue weighted by atomic mass is 32.1.